The molecule has 64 heavy (non-hydrogen) atoms. The number of hydrogen-bond donors (Lipinski definition) is 0. The number of benzene rings is 7. The maximum Gasteiger partial charge on any atom is 1.00 e. The van der Waals surface area contributed by atoms with Crippen LogP contribution in [0.15, 0.2) is 224 Å². The van der Waals surface area contributed by atoms with E-state index in [1.807, 2.05) is 24.3 Å². The van der Waals surface area contributed by atoms with Crippen molar-refractivity contribution in [3.05, 3.63) is 248 Å². The second kappa shape index (κ2) is 24.1. The molecule has 1 aliphatic carbocycles. The third-order valence-electron chi connectivity index (χ3n) is 11.1. The summed E-state index contributed by atoms with van der Waals surface area (Å²) < 4.78 is 5.06. The van der Waals surface area contributed by atoms with Gasteiger partial charge in [0.05, 0.1) is 37.1 Å². The zero-order valence-electron chi connectivity index (χ0n) is 35.4. The van der Waals surface area contributed by atoms with Gasteiger partial charge in [-0.05, 0) is 97.5 Å². The Morgan fingerprint density at radius 2 is 0.891 bits per heavy atom. The van der Waals surface area contributed by atoms with Gasteiger partial charge in [-0.2, -0.15) is 0 Å². The Bertz CT molecular complexity index is 2990. The molecule has 0 saturated heterocycles. The second-order valence-electron chi connectivity index (χ2n) is 14.9. The molecule has 320 valence electrons. The molecule has 0 aliphatic heterocycles. The van der Waals surface area contributed by atoms with E-state index in [1.165, 1.54) is 61.6 Å². The monoisotopic (exact) mass is 1260 g/mol. The van der Waals surface area contributed by atoms with Gasteiger partial charge in [0.1, 0.15) is 11.3 Å². The van der Waals surface area contributed by atoms with Crippen molar-refractivity contribution in [1.82, 2.24) is 0 Å². The predicted molar refractivity (Wildman–Crippen MR) is 280 cm³/mol. The van der Waals surface area contributed by atoms with E-state index in [0.29, 0.717) is 11.3 Å². The molecule has 0 fully saturated rings. The van der Waals surface area contributed by atoms with Gasteiger partial charge in [0.2, 0.25) is 0 Å². The van der Waals surface area contributed by atoms with Gasteiger partial charge in [-0.3, -0.25) is 11.8 Å². The topological polar surface area (TPSA) is 0 Å². The summed E-state index contributed by atoms with van der Waals surface area (Å²) in [6, 6.07) is 62.4. The van der Waals surface area contributed by atoms with Crippen molar-refractivity contribution in [1.29, 1.82) is 0 Å². The summed E-state index contributed by atoms with van der Waals surface area (Å²) in [4.78, 5) is 0. The van der Waals surface area contributed by atoms with E-state index in [2.05, 4.69) is 220 Å². The number of allylic oxidation sites excluding steroid dienone is 8. The van der Waals surface area contributed by atoms with Crippen LogP contribution in [-0.2, 0) is 44.8 Å². The van der Waals surface area contributed by atoms with E-state index in [-0.39, 0.29) is 44.8 Å². The van der Waals surface area contributed by atoms with Crippen LogP contribution in [-0.4, -0.2) is 11.3 Å². The molecule has 1 aliphatic rings. The average molecular weight is 1260 g/mol. The molecule has 0 N–H and O–H groups in total. The average Bonchev–Trinajstić information content (AvgIpc) is 3.91. The fraction of sp³-hybridized carbons (Fsp3) is 0.0690. The Labute approximate surface area is 420 Å². The van der Waals surface area contributed by atoms with E-state index in [4.69, 9.17) is 12.8 Å². The van der Waals surface area contributed by atoms with Crippen LogP contribution in [0.1, 0.15) is 25.0 Å². The molecule has 7 aromatic carbocycles. The van der Waals surface area contributed by atoms with Gasteiger partial charge in [0.15, 0.2) is 0 Å². The Morgan fingerprint density at radius 3 is 1.33 bits per heavy atom. The third kappa shape index (κ3) is 11.2. The first-order chi connectivity index (χ1) is 30.6. The molecule has 0 radical (unpaired) electrons. The van der Waals surface area contributed by atoms with Crippen LogP contribution in [0.2, 0.25) is 0 Å². The molecule has 0 bridgehead atoms. The Kier molecular flexibility index (Phi) is 18.4. The first-order valence-electron chi connectivity index (χ1n) is 20.8. The summed E-state index contributed by atoms with van der Waals surface area (Å²) in [6.45, 7) is 4.33. The largest absolute Gasteiger partial charge is 1.00 e. The van der Waals surface area contributed by atoms with Gasteiger partial charge in [0, 0.05) is 29.6 Å². The molecule has 2 heterocycles. The summed E-state index contributed by atoms with van der Waals surface area (Å²) in [5.41, 5.74) is 2.66. The molecular weight excluding hydrogens is 1220 g/mol. The van der Waals surface area contributed by atoms with Gasteiger partial charge in [-0.25, -0.2) is 0 Å². The molecule has 0 nitrogen and oxygen atoms in total. The van der Waals surface area contributed by atoms with Crippen molar-refractivity contribution < 1.29 is 44.8 Å². The molecule has 6 heteroatoms. The summed E-state index contributed by atoms with van der Waals surface area (Å²) >= 11 is 3.54. The van der Waals surface area contributed by atoms with Crippen LogP contribution < -0.4 is 15.9 Å². The summed E-state index contributed by atoms with van der Waals surface area (Å²) in [5.74, 6) is 4.84. The van der Waals surface area contributed by atoms with Crippen LogP contribution in [0.25, 0.3) is 40.3 Å². The molecule has 3 unspecified atom stereocenters. The number of thiophene rings is 2. The van der Waals surface area contributed by atoms with Crippen molar-refractivity contribution in [2.45, 2.75) is 25.2 Å². The summed E-state index contributed by atoms with van der Waals surface area (Å²) in [5, 5.41) is 11.1. The minimum atomic E-state index is -1.02. The Morgan fingerprint density at radius 1 is 0.484 bits per heavy atom. The quantitative estimate of drug-likeness (QED) is 0.0490. The first kappa shape index (κ1) is 48.8. The van der Waals surface area contributed by atoms with Gasteiger partial charge < -0.3 is 12.8 Å². The van der Waals surface area contributed by atoms with Crippen LogP contribution in [0.3, 0.4) is 0 Å². The maximum absolute atomic E-state index is 7.11. The molecule has 0 amide bonds. The molecule has 3 atom stereocenters. The SMILES string of the molecule is C/C=C\C(=C/C)[PH+](c1ccccc1)C1C=CC=CC1[PH+](c1ccccc1)c1ccccc1.[Au+].[Au+].[C-]#Cc1ccc2c(c1)sc1ccccc12.[C-]#Cc1ccc2c(c1)sc1ccccc12. The number of fused-ring (bicyclic) bond motifs is 6. The number of rotatable bonds is 7. The van der Waals surface area contributed by atoms with Gasteiger partial charge in [-0.15, -0.1) is 58.1 Å². The van der Waals surface area contributed by atoms with Gasteiger partial charge >= 0.3 is 44.8 Å². The normalized spacial score (nSPS) is 14.7. The van der Waals surface area contributed by atoms with Crippen molar-refractivity contribution in [3.63, 3.8) is 0 Å². The van der Waals surface area contributed by atoms with Crippen LogP contribution in [0, 0.1) is 24.7 Å². The summed E-state index contributed by atoms with van der Waals surface area (Å²) in [7, 11) is -2.04. The molecule has 9 aromatic rings. The zero-order chi connectivity index (χ0) is 42.7. The predicted octanol–water partition coefficient (Wildman–Crippen LogP) is 14.7. The fourth-order valence-electron chi connectivity index (χ4n) is 8.24. The Hall–Kier alpha value is -4.60. The minimum Gasteiger partial charge on any atom is -0.366 e. The first-order valence-corrected chi connectivity index (χ1v) is 25.6. The van der Waals surface area contributed by atoms with E-state index >= 15 is 0 Å². The van der Waals surface area contributed by atoms with Gasteiger partial charge in [0.25, 0.3) is 0 Å². The maximum atomic E-state index is 7.11. The molecule has 2 aromatic heterocycles. The van der Waals surface area contributed by atoms with Crippen molar-refractivity contribution in [2.75, 3.05) is 0 Å². The zero-order valence-corrected chi connectivity index (χ0v) is 43.3. The third-order valence-corrected chi connectivity index (χ3v) is 20.1. The molecule has 10 rings (SSSR count). The van der Waals surface area contributed by atoms with E-state index in [0.717, 1.165) is 11.1 Å². The van der Waals surface area contributed by atoms with Gasteiger partial charge in [-0.1, -0.05) is 121 Å². The number of hydrogen-bond acceptors (Lipinski definition) is 2. The van der Waals surface area contributed by atoms with Crippen LogP contribution in [0.5, 0.6) is 0 Å². The van der Waals surface area contributed by atoms with Crippen LogP contribution in [0.4, 0.5) is 0 Å². The van der Waals surface area contributed by atoms with E-state index in [9.17, 15) is 0 Å². The van der Waals surface area contributed by atoms with E-state index < -0.39 is 15.8 Å². The molecular formula is C58H46Au2P2S2+2. The Balaban J connectivity index is 0.000000176. The van der Waals surface area contributed by atoms with E-state index in [1.54, 1.807) is 22.7 Å². The molecule has 0 saturated carbocycles. The minimum absolute atomic E-state index is 0. The fourth-order valence-corrected chi connectivity index (χ4v) is 17.6. The smallest absolute Gasteiger partial charge is 0.366 e. The molecule has 0 spiro atoms. The van der Waals surface area contributed by atoms with Crippen molar-refractivity contribution in [2.24, 2.45) is 0 Å². The summed E-state index contributed by atoms with van der Waals surface area (Å²) in [6.07, 6.45) is 30.6. The second-order valence-corrected chi connectivity index (χ2v) is 22.3. The van der Waals surface area contributed by atoms with Crippen molar-refractivity contribution in [3.8, 4) is 11.8 Å². The van der Waals surface area contributed by atoms with Crippen molar-refractivity contribution >= 4 is 94.8 Å². The van der Waals surface area contributed by atoms with Crippen LogP contribution >= 0.6 is 38.5 Å². The standard InChI is InChI=1S/C30H30P2.2C14H7S.2Au/c1-3-16-25(4-2)31(26-17-8-5-9-18-26)29-23-14-15-24-30(29)32(27-19-10-6-11-20-27)28-21-12-7-13-22-28;2*1-2-10-7-8-12-11-5-3-4-6-13(11)15-14(12)9-10;;/h3-24,29-30H,1-2H3;2*3-9H;;/q;2*-1;2*+1/p+2/b16-3-,25-4+;;;;.